The number of anilines is 3. The standard InChI is InChI=1S/C25H25F2N5O3S.ClH/c1-25(2,35)16-10-18(21(34)20(16)33)30-22-15(23-31-17-5-3-4-6-19(17)36-23)11-28-24(32-22)29-14-8-12(26)7-13(27)9-14;/h3-9,11,16,18,20-21,33-35H,10H2,1-2H3,(H2,28,29,30,32);1H/t16-,18+,20+,21-;/m0./s1. The third-order valence-corrected chi connectivity index (χ3v) is 7.46. The quantitative estimate of drug-likeness (QED) is 0.237. The van der Waals surface area contributed by atoms with Crippen LogP contribution in [0.2, 0.25) is 0 Å². The Morgan fingerprint density at radius 1 is 1.05 bits per heavy atom. The van der Waals surface area contributed by atoms with Crippen LogP contribution in [0.3, 0.4) is 0 Å². The third kappa shape index (κ3) is 5.65. The number of hydrogen-bond acceptors (Lipinski definition) is 8. The molecule has 1 saturated carbocycles. The van der Waals surface area contributed by atoms with Crippen molar-refractivity contribution in [2.75, 3.05) is 10.6 Å². The number of aromatic amines is 1. The summed E-state index contributed by atoms with van der Waals surface area (Å²) in [6, 6.07) is 10.1. The first-order valence-electron chi connectivity index (χ1n) is 11.5. The fourth-order valence-corrected chi connectivity index (χ4v) is 5.54. The molecular weight excluding hydrogens is 524 g/mol. The molecule has 37 heavy (non-hydrogen) atoms. The second-order valence-corrected chi connectivity index (χ2v) is 10.5. The fourth-order valence-electron chi connectivity index (χ4n) is 4.56. The number of aliphatic hydroxyl groups excluding tert-OH is 2. The van der Waals surface area contributed by atoms with Gasteiger partial charge in [0, 0.05) is 24.1 Å². The Kier molecular flexibility index (Phi) is 7.63. The van der Waals surface area contributed by atoms with Crippen LogP contribution in [0.15, 0.2) is 48.7 Å². The number of nitrogens with zero attached hydrogens (tertiary/aromatic N) is 2. The van der Waals surface area contributed by atoms with E-state index in [-0.39, 0.29) is 24.0 Å². The highest BCUT2D eigenvalue weighted by molar-refractivity contribution is 7.21. The molecule has 1 aliphatic carbocycles. The molecule has 6 N–H and O–H groups in total. The van der Waals surface area contributed by atoms with E-state index >= 15 is 0 Å². The maximum absolute atomic E-state index is 13.7. The molecule has 0 amide bonds. The second kappa shape index (κ2) is 10.4. The summed E-state index contributed by atoms with van der Waals surface area (Å²) in [6.45, 7) is 3.19. The van der Waals surface area contributed by atoms with E-state index in [0.717, 1.165) is 28.4 Å². The molecule has 0 saturated heterocycles. The zero-order valence-electron chi connectivity index (χ0n) is 19.9. The number of aliphatic hydroxyl groups is 3. The number of thiazole rings is 1. The number of hydrogen-bond donors (Lipinski definition) is 5. The maximum atomic E-state index is 13.7. The van der Waals surface area contributed by atoms with Crippen LogP contribution in [-0.2, 0) is 0 Å². The van der Waals surface area contributed by atoms with Gasteiger partial charge < -0.3 is 33.0 Å². The lowest BCUT2D eigenvalue weighted by Crippen LogP contribution is -3.00. The van der Waals surface area contributed by atoms with Crippen LogP contribution in [-0.4, -0.2) is 49.1 Å². The van der Waals surface area contributed by atoms with Gasteiger partial charge in [0.2, 0.25) is 5.82 Å². The highest BCUT2D eigenvalue weighted by atomic mass is 35.5. The molecule has 4 atom stereocenters. The van der Waals surface area contributed by atoms with Gasteiger partial charge in [-0.25, -0.2) is 24.1 Å². The number of para-hydroxylation sites is 1. The molecule has 2 aromatic carbocycles. The van der Waals surface area contributed by atoms with Gasteiger partial charge in [0.25, 0.3) is 0 Å². The van der Waals surface area contributed by atoms with Crippen molar-refractivity contribution in [1.29, 1.82) is 0 Å². The van der Waals surface area contributed by atoms with Crippen LogP contribution < -0.4 is 28.0 Å². The van der Waals surface area contributed by atoms with E-state index in [1.54, 1.807) is 20.0 Å². The van der Waals surface area contributed by atoms with Crippen LogP contribution in [0.1, 0.15) is 20.3 Å². The summed E-state index contributed by atoms with van der Waals surface area (Å²) >= 11 is 1.46. The Bertz CT molecular complexity index is 1360. The Morgan fingerprint density at radius 3 is 2.41 bits per heavy atom. The molecule has 0 bridgehead atoms. The summed E-state index contributed by atoms with van der Waals surface area (Å²) < 4.78 is 28.3. The summed E-state index contributed by atoms with van der Waals surface area (Å²) in [7, 11) is 0. The highest BCUT2D eigenvalue weighted by Crippen LogP contribution is 2.38. The molecule has 8 nitrogen and oxygen atoms in total. The van der Waals surface area contributed by atoms with Gasteiger partial charge in [-0.2, -0.15) is 0 Å². The van der Waals surface area contributed by atoms with Crippen LogP contribution in [0.25, 0.3) is 20.8 Å². The van der Waals surface area contributed by atoms with Crippen molar-refractivity contribution < 1.29 is 41.5 Å². The molecule has 2 aromatic heterocycles. The molecule has 0 radical (unpaired) electrons. The largest absolute Gasteiger partial charge is 1.00 e. The normalized spacial score (nSPS) is 21.6. The average Bonchev–Trinajstić information content (AvgIpc) is 3.35. The predicted octanol–water partition coefficient (Wildman–Crippen LogP) is 0.491. The lowest BCUT2D eigenvalue weighted by Gasteiger charge is -2.28. The molecule has 4 aromatic rings. The summed E-state index contributed by atoms with van der Waals surface area (Å²) in [5, 5.41) is 38.5. The summed E-state index contributed by atoms with van der Waals surface area (Å²) in [5.74, 6) is -1.48. The van der Waals surface area contributed by atoms with E-state index in [2.05, 4.69) is 20.6 Å². The van der Waals surface area contributed by atoms with E-state index in [1.807, 2.05) is 24.3 Å². The van der Waals surface area contributed by atoms with Gasteiger partial charge in [-0.3, -0.25) is 0 Å². The first kappa shape index (κ1) is 27.1. The Morgan fingerprint density at radius 2 is 1.76 bits per heavy atom. The van der Waals surface area contributed by atoms with Gasteiger partial charge >= 0.3 is 5.95 Å². The lowest BCUT2D eigenvalue weighted by atomic mass is 9.88. The zero-order valence-corrected chi connectivity index (χ0v) is 21.5. The molecule has 0 spiro atoms. The van der Waals surface area contributed by atoms with Gasteiger partial charge in [-0.1, -0.05) is 17.1 Å². The van der Waals surface area contributed by atoms with E-state index in [1.165, 1.54) is 11.3 Å². The van der Waals surface area contributed by atoms with Crippen molar-refractivity contribution >= 4 is 39.0 Å². The van der Waals surface area contributed by atoms with E-state index < -0.39 is 41.4 Å². The summed E-state index contributed by atoms with van der Waals surface area (Å²) in [6.07, 6.45) is -0.319. The average molecular weight is 550 g/mol. The fraction of sp³-hybridized carbons (Fsp3) is 0.320. The van der Waals surface area contributed by atoms with Gasteiger partial charge in [0.1, 0.15) is 34.0 Å². The molecule has 1 aliphatic rings. The number of rotatable bonds is 6. The monoisotopic (exact) mass is 549 g/mol. The lowest BCUT2D eigenvalue weighted by molar-refractivity contribution is -0.363. The highest BCUT2D eigenvalue weighted by Gasteiger charge is 2.48. The molecule has 0 unspecified atom stereocenters. The Hall–Kier alpha value is -2.96. The predicted molar refractivity (Wildman–Crippen MR) is 133 cm³/mol. The number of benzene rings is 2. The minimum atomic E-state index is -1.20. The zero-order chi connectivity index (χ0) is 25.6. The van der Waals surface area contributed by atoms with E-state index in [9.17, 15) is 24.1 Å². The second-order valence-electron chi connectivity index (χ2n) is 9.51. The van der Waals surface area contributed by atoms with Crippen LogP contribution >= 0.6 is 11.3 Å². The van der Waals surface area contributed by atoms with Crippen LogP contribution in [0.5, 0.6) is 0 Å². The molecule has 196 valence electrons. The van der Waals surface area contributed by atoms with Crippen molar-refractivity contribution in [2.24, 2.45) is 5.92 Å². The number of aromatic nitrogens is 3. The first-order chi connectivity index (χ1) is 17.1. The molecule has 1 fully saturated rings. The smallest absolute Gasteiger partial charge is 0.396 e. The van der Waals surface area contributed by atoms with Crippen molar-refractivity contribution in [3.63, 3.8) is 0 Å². The minimum Gasteiger partial charge on any atom is -1.00 e. The summed E-state index contributed by atoms with van der Waals surface area (Å²) in [5.41, 5.74) is 0.395. The van der Waals surface area contributed by atoms with Crippen molar-refractivity contribution in [3.05, 3.63) is 60.3 Å². The molecule has 12 heteroatoms. The number of halogens is 3. The Balaban J connectivity index is 0.00000320. The van der Waals surface area contributed by atoms with Gasteiger partial charge in [0.05, 0.1) is 34.2 Å². The number of fused-ring (bicyclic) bond motifs is 1. The van der Waals surface area contributed by atoms with Gasteiger partial charge in [0.15, 0.2) is 0 Å². The topological polar surface area (TPSA) is 125 Å². The van der Waals surface area contributed by atoms with E-state index in [0.29, 0.717) is 22.8 Å². The van der Waals surface area contributed by atoms with E-state index in [4.69, 9.17) is 4.98 Å². The molecule has 2 heterocycles. The Labute approximate surface area is 221 Å². The van der Waals surface area contributed by atoms with Gasteiger partial charge in [-0.15, -0.1) is 11.3 Å². The summed E-state index contributed by atoms with van der Waals surface area (Å²) in [4.78, 5) is 12.3. The SMILES string of the molecule is CC(C)(O)[C@H]1C[C@@H](Nc2nc(Nc3cc(F)cc(F)c3)[nH+]cc2-c2nc3ccccc3s2)[C@H](O)[C@@H]1O.[Cl-]. The number of nitrogens with one attached hydrogen (secondary N) is 3. The molecular formula is C25H26ClF2N5O3S. The first-order valence-corrected chi connectivity index (χ1v) is 12.3. The minimum absolute atomic E-state index is 0. The maximum Gasteiger partial charge on any atom is 0.396 e. The number of H-pyrrole nitrogens is 1. The third-order valence-electron chi connectivity index (χ3n) is 6.39. The van der Waals surface area contributed by atoms with Crippen molar-refractivity contribution in [3.8, 4) is 10.6 Å². The van der Waals surface area contributed by atoms with Crippen LogP contribution in [0.4, 0.5) is 26.2 Å². The molecule has 5 rings (SSSR count). The van der Waals surface area contributed by atoms with Crippen molar-refractivity contribution in [1.82, 2.24) is 9.97 Å². The van der Waals surface area contributed by atoms with Crippen LogP contribution in [0, 0.1) is 17.6 Å². The van der Waals surface area contributed by atoms with Crippen molar-refractivity contribution in [2.45, 2.75) is 44.1 Å². The molecule has 0 aliphatic heterocycles. The van der Waals surface area contributed by atoms with Gasteiger partial charge in [-0.05, 0) is 32.4 Å².